The van der Waals surface area contributed by atoms with Crippen molar-refractivity contribution in [2.45, 2.75) is 6.36 Å². The van der Waals surface area contributed by atoms with Crippen molar-refractivity contribution in [1.29, 1.82) is 0 Å². The summed E-state index contributed by atoms with van der Waals surface area (Å²) in [6.07, 6.45) is -3.07. The first-order valence-corrected chi connectivity index (χ1v) is 6.49. The predicted octanol–water partition coefficient (Wildman–Crippen LogP) is 3.04. The summed E-state index contributed by atoms with van der Waals surface area (Å²) in [5.74, 6) is -0.406. The highest BCUT2D eigenvalue weighted by molar-refractivity contribution is 5.81. The number of halogens is 3. The fraction of sp³-hybridized carbons (Fsp3) is 0.143. The molecule has 9 heteroatoms. The van der Waals surface area contributed by atoms with Crippen LogP contribution in [0.5, 0.6) is 11.5 Å². The van der Waals surface area contributed by atoms with E-state index in [1.807, 2.05) is 0 Å². The fourth-order valence-electron chi connectivity index (χ4n) is 2.23. The molecule has 0 bridgehead atoms. The molecule has 0 atom stereocenters. The summed E-state index contributed by atoms with van der Waals surface area (Å²) >= 11 is 0. The molecule has 0 unspecified atom stereocenters. The van der Waals surface area contributed by atoms with Crippen LogP contribution in [0.3, 0.4) is 0 Å². The van der Waals surface area contributed by atoms with E-state index in [1.165, 1.54) is 6.07 Å². The van der Waals surface area contributed by atoms with Crippen molar-refractivity contribution in [2.24, 2.45) is 0 Å². The first-order chi connectivity index (χ1) is 10.9. The Morgan fingerprint density at radius 2 is 2.00 bits per heavy atom. The summed E-state index contributed by atoms with van der Waals surface area (Å²) in [5.41, 5.74) is 1.23. The summed E-state index contributed by atoms with van der Waals surface area (Å²) in [5, 5.41) is 20.9. The Morgan fingerprint density at radius 3 is 2.65 bits per heavy atom. The van der Waals surface area contributed by atoms with E-state index in [-0.39, 0.29) is 11.3 Å². The molecule has 23 heavy (non-hydrogen) atoms. The Morgan fingerprint density at radius 1 is 1.22 bits per heavy atom. The smallest absolute Gasteiger partial charge is 0.507 e. The number of benzene rings is 1. The number of aromatic nitrogens is 3. The number of ether oxygens (including phenoxy) is 1. The van der Waals surface area contributed by atoms with Crippen LogP contribution in [0.2, 0.25) is 0 Å². The highest BCUT2D eigenvalue weighted by atomic mass is 19.4. The van der Waals surface area contributed by atoms with Gasteiger partial charge in [-0.3, -0.25) is 4.40 Å². The van der Waals surface area contributed by atoms with Gasteiger partial charge >= 0.3 is 6.36 Å². The lowest BCUT2D eigenvalue weighted by atomic mass is 10.1. The molecule has 1 aromatic carbocycles. The molecule has 0 aliphatic heterocycles. The Hall–Kier alpha value is -2.97. The Kier molecular flexibility index (Phi) is 3.47. The van der Waals surface area contributed by atoms with Gasteiger partial charge < -0.3 is 15.2 Å². The average Bonchev–Trinajstić information content (AvgIpc) is 2.94. The molecule has 0 saturated heterocycles. The van der Waals surface area contributed by atoms with E-state index < -0.39 is 12.1 Å². The molecule has 2 N–H and O–H groups in total. The van der Waals surface area contributed by atoms with Crippen LogP contribution in [0.1, 0.15) is 0 Å². The maximum absolute atomic E-state index is 12.2. The minimum Gasteiger partial charge on any atom is -0.507 e. The number of anilines is 1. The number of hydrogen-bond donors (Lipinski definition) is 2. The minimum absolute atomic E-state index is 0.248. The van der Waals surface area contributed by atoms with Gasteiger partial charge in [0.25, 0.3) is 0 Å². The first-order valence-electron chi connectivity index (χ1n) is 6.49. The highest BCUT2D eigenvalue weighted by Gasteiger charge is 2.31. The lowest BCUT2D eigenvalue weighted by Gasteiger charge is -2.12. The van der Waals surface area contributed by atoms with Gasteiger partial charge in [0.15, 0.2) is 0 Å². The molecule has 0 spiro atoms. The molecule has 0 fully saturated rings. The number of phenolic OH excluding ortho intramolecular Hbond substituents is 1. The molecule has 2 heterocycles. The van der Waals surface area contributed by atoms with E-state index in [4.69, 9.17) is 0 Å². The van der Waals surface area contributed by atoms with Crippen molar-refractivity contribution in [1.82, 2.24) is 14.6 Å². The zero-order valence-corrected chi connectivity index (χ0v) is 11.8. The number of alkyl halides is 3. The number of nitrogens with one attached hydrogen (secondary N) is 1. The van der Waals surface area contributed by atoms with Gasteiger partial charge in [-0.05, 0) is 24.3 Å². The van der Waals surface area contributed by atoms with Crippen molar-refractivity contribution < 1.29 is 23.0 Å². The molecule has 0 aliphatic carbocycles. The van der Waals surface area contributed by atoms with Crippen molar-refractivity contribution in [3.05, 3.63) is 36.5 Å². The fourth-order valence-corrected chi connectivity index (χ4v) is 2.23. The predicted molar refractivity (Wildman–Crippen MR) is 76.3 cm³/mol. The normalized spacial score (nSPS) is 11.7. The van der Waals surface area contributed by atoms with Gasteiger partial charge in [-0.15, -0.1) is 23.4 Å². The Labute approximate surface area is 128 Å². The van der Waals surface area contributed by atoms with Crippen LogP contribution in [0.4, 0.5) is 19.1 Å². The van der Waals surface area contributed by atoms with Crippen LogP contribution in [-0.4, -0.2) is 33.1 Å². The van der Waals surface area contributed by atoms with Crippen LogP contribution >= 0.6 is 0 Å². The molecule has 0 radical (unpaired) electrons. The summed E-state index contributed by atoms with van der Waals surface area (Å²) < 4.78 is 42.1. The zero-order valence-electron chi connectivity index (χ0n) is 11.8. The molecule has 3 aromatic rings. The minimum atomic E-state index is -4.82. The molecule has 0 amide bonds. The van der Waals surface area contributed by atoms with Crippen LogP contribution in [0.15, 0.2) is 36.5 Å². The van der Waals surface area contributed by atoms with Gasteiger partial charge in [0.1, 0.15) is 17.2 Å². The molecular weight excluding hydrogens is 313 g/mol. The van der Waals surface area contributed by atoms with Gasteiger partial charge in [-0.1, -0.05) is 0 Å². The largest absolute Gasteiger partial charge is 0.573 e. The van der Waals surface area contributed by atoms with Gasteiger partial charge in [-0.25, -0.2) is 0 Å². The number of phenols is 1. The zero-order chi connectivity index (χ0) is 16.6. The molecule has 3 rings (SSSR count). The number of fused-ring (bicyclic) bond motifs is 1. The van der Waals surface area contributed by atoms with Crippen molar-refractivity contribution in [3.8, 4) is 22.8 Å². The van der Waals surface area contributed by atoms with E-state index in [2.05, 4.69) is 20.3 Å². The molecule has 120 valence electrons. The quantitative estimate of drug-likeness (QED) is 0.775. The van der Waals surface area contributed by atoms with E-state index in [0.29, 0.717) is 17.2 Å². The lowest BCUT2D eigenvalue weighted by Crippen LogP contribution is -2.17. The third-order valence-electron chi connectivity index (χ3n) is 3.15. The van der Waals surface area contributed by atoms with E-state index in [0.717, 1.165) is 12.1 Å². The summed E-state index contributed by atoms with van der Waals surface area (Å²) in [4.78, 5) is 0. The highest BCUT2D eigenvalue weighted by Crippen LogP contribution is 2.35. The standard InChI is InChI=1S/C14H11F3N4O2/c1-18-13-20-19-12(10-3-2-6-21(10)13)9-5-4-8(7-11(9)22)23-14(15,16)17/h2-7,22H,1H3,(H,18,20). The number of aromatic hydroxyl groups is 1. The van der Waals surface area contributed by atoms with E-state index in [9.17, 15) is 18.3 Å². The lowest BCUT2D eigenvalue weighted by molar-refractivity contribution is -0.274. The van der Waals surface area contributed by atoms with Crippen LogP contribution < -0.4 is 10.1 Å². The number of hydrogen-bond acceptors (Lipinski definition) is 5. The van der Waals surface area contributed by atoms with Crippen LogP contribution in [0.25, 0.3) is 16.8 Å². The third-order valence-corrected chi connectivity index (χ3v) is 3.15. The molecule has 0 saturated carbocycles. The van der Waals surface area contributed by atoms with Gasteiger partial charge in [0, 0.05) is 24.9 Å². The Balaban J connectivity index is 2.08. The number of nitrogens with zero attached hydrogens (tertiary/aromatic N) is 3. The summed E-state index contributed by atoms with van der Waals surface area (Å²) in [6, 6.07) is 6.81. The van der Waals surface area contributed by atoms with Crippen molar-refractivity contribution >= 4 is 11.5 Å². The van der Waals surface area contributed by atoms with Crippen molar-refractivity contribution in [3.63, 3.8) is 0 Å². The average molecular weight is 324 g/mol. The SMILES string of the molecule is CNc1nnc(-c2ccc(OC(F)(F)F)cc2O)c2cccn12. The Bertz CT molecular complexity index is 861. The van der Waals surface area contributed by atoms with Gasteiger partial charge in [0.05, 0.1) is 5.52 Å². The van der Waals surface area contributed by atoms with Crippen LogP contribution in [0, 0.1) is 0 Å². The summed E-state index contributed by atoms with van der Waals surface area (Å²) in [7, 11) is 1.68. The molecule has 0 aliphatic rings. The van der Waals surface area contributed by atoms with E-state index in [1.54, 1.807) is 29.8 Å². The molecular formula is C14H11F3N4O2. The maximum atomic E-state index is 12.2. The monoisotopic (exact) mass is 324 g/mol. The maximum Gasteiger partial charge on any atom is 0.573 e. The second-order valence-corrected chi connectivity index (χ2v) is 4.61. The van der Waals surface area contributed by atoms with Crippen molar-refractivity contribution in [2.75, 3.05) is 12.4 Å². The topological polar surface area (TPSA) is 71.7 Å². The second kappa shape index (κ2) is 5.34. The third kappa shape index (κ3) is 2.85. The molecule has 6 nitrogen and oxygen atoms in total. The molecule has 2 aromatic heterocycles. The first kappa shape index (κ1) is 14.9. The second-order valence-electron chi connectivity index (χ2n) is 4.61. The van der Waals surface area contributed by atoms with Gasteiger partial charge in [0.2, 0.25) is 5.95 Å². The van der Waals surface area contributed by atoms with Crippen LogP contribution in [-0.2, 0) is 0 Å². The number of rotatable bonds is 3. The summed E-state index contributed by atoms with van der Waals surface area (Å²) in [6.45, 7) is 0. The van der Waals surface area contributed by atoms with E-state index >= 15 is 0 Å². The van der Waals surface area contributed by atoms with Gasteiger partial charge in [-0.2, -0.15) is 0 Å².